The molecule has 4 rings (SSSR count). The Morgan fingerprint density at radius 1 is 1.35 bits per heavy atom. The smallest absolute Gasteiger partial charge is 0.224 e. The monoisotopic (exact) mass is 353 g/mol. The summed E-state index contributed by atoms with van der Waals surface area (Å²) >= 11 is 0. The van der Waals surface area contributed by atoms with Crippen molar-refractivity contribution in [2.24, 2.45) is 5.92 Å². The molecule has 3 aromatic rings. The van der Waals surface area contributed by atoms with Crippen molar-refractivity contribution in [3.63, 3.8) is 0 Å². The summed E-state index contributed by atoms with van der Waals surface area (Å²) in [6.07, 6.45) is 5.66. The lowest BCUT2D eigenvalue weighted by Gasteiger charge is -2.33. The molecule has 1 fully saturated rings. The number of carbonyl (C=O) groups is 1. The molecule has 1 saturated heterocycles. The fourth-order valence-corrected chi connectivity index (χ4v) is 3.63. The normalized spacial score (nSPS) is 17.7. The molecule has 4 heterocycles. The lowest BCUT2D eigenvalue weighted by atomic mass is 9.97. The van der Waals surface area contributed by atoms with Gasteiger partial charge < -0.3 is 19.4 Å². The summed E-state index contributed by atoms with van der Waals surface area (Å²) in [6, 6.07) is 8.03. The van der Waals surface area contributed by atoms with Gasteiger partial charge in [-0.3, -0.25) is 4.79 Å². The van der Waals surface area contributed by atoms with Gasteiger partial charge in [0.2, 0.25) is 5.91 Å². The van der Waals surface area contributed by atoms with E-state index >= 15 is 0 Å². The fraction of sp³-hybridized carbons (Fsp3) is 0.421. The first-order chi connectivity index (χ1) is 12.8. The number of carbonyl (C=O) groups excluding carboxylic acids is 1. The molecule has 7 nitrogen and oxygen atoms in total. The molecular weight excluding hydrogens is 330 g/mol. The van der Waals surface area contributed by atoms with E-state index in [0.29, 0.717) is 19.7 Å². The van der Waals surface area contributed by atoms with Crippen molar-refractivity contribution in [1.29, 1.82) is 0 Å². The van der Waals surface area contributed by atoms with Crippen molar-refractivity contribution in [3.8, 4) is 0 Å². The topological polar surface area (TPSA) is 71.8 Å². The van der Waals surface area contributed by atoms with Crippen LogP contribution in [0.15, 0.2) is 36.7 Å². The number of piperidine rings is 1. The van der Waals surface area contributed by atoms with E-state index in [0.717, 1.165) is 41.9 Å². The molecule has 0 saturated carbocycles. The quantitative estimate of drug-likeness (QED) is 0.709. The molecule has 0 spiro atoms. The average Bonchev–Trinajstić information content (AvgIpc) is 3.18. The van der Waals surface area contributed by atoms with Crippen LogP contribution in [0.5, 0.6) is 0 Å². The first-order valence-corrected chi connectivity index (χ1v) is 9.01. The van der Waals surface area contributed by atoms with Crippen LogP contribution in [0.3, 0.4) is 0 Å². The Hall–Kier alpha value is -2.67. The maximum Gasteiger partial charge on any atom is 0.224 e. The van der Waals surface area contributed by atoms with E-state index in [-0.39, 0.29) is 11.8 Å². The lowest BCUT2D eigenvalue weighted by molar-refractivity contribution is -0.125. The van der Waals surface area contributed by atoms with Crippen molar-refractivity contribution >= 4 is 28.4 Å². The Kier molecular flexibility index (Phi) is 4.71. The first kappa shape index (κ1) is 16.8. The number of hydrogen-bond donors (Lipinski definition) is 1. The molecule has 1 atom stereocenters. The molecule has 1 aliphatic heterocycles. The minimum absolute atomic E-state index is 0.0307. The summed E-state index contributed by atoms with van der Waals surface area (Å²) in [5.41, 5.74) is 2.76. The third kappa shape index (κ3) is 3.10. The van der Waals surface area contributed by atoms with Gasteiger partial charge in [-0.2, -0.15) is 0 Å². The van der Waals surface area contributed by atoms with Gasteiger partial charge in [0.25, 0.3) is 0 Å². The summed E-state index contributed by atoms with van der Waals surface area (Å²) in [4.78, 5) is 23.9. The summed E-state index contributed by atoms with van der Waals surface area (Å²) in [7, 11) is 1.64. The van der Waals surface area contributed by atoms with Crippen molar-refractivity contribution in [1.82, 2.24) is 19.7 Å². The number of ether oxygens (including phenoxy) is 1. The highest BCUT2D eigenvalue weighted by Crippen LogP contribution is 2.28. The molecule has 0 aromatic carbocycles. The standard InChI is InChI=1S/C19H23N5O2/c1-26-12-9-21-19(25)14-5-3-10-23(13-14)18-16-7-4-11-24(16)15-6-2-8-20-17(15)22-18/h2,4,6-8,11,14H,3,5,9-10,12-13H2,1H3,(H,21,25). The van der Waals surface area contributed by atoms with E-state index in [2.05, 4.69) is 25.7 Å². The molecule has 1 aliphatic rings. The van der Waals surface area contributed by atoms with Crippen LogP contribution in [0.2, 0.25) is 0 Å². The van der Waals surface area contributed by atoms with E-state index in [1.165, 1.54) is 0 Å². The number of nitrogens with one attached hydrogen (secondary N) is 1. The Labute approximate surface area is 152 Å². The highest BCUT2D eigenvalue weighted by molar-refractivity contribution is 5.84. The molecular formula is C19H23N5O2. The van der Waals surface area contributed by atoms with Crippen molar-refractivity contribution < 1.29 is 9.53 Å². The predicted octanol–water partition coefficient (Wildman–Crippen LogP) is 1.86. The second kappa shape index (κ2) is 7.29. The van der Waals surface area contributed by atoms with Crippen LogP contribution >= 0.6 is 0 Å². The van der Waals surface area contributed by atoms with Gasteiger partial charge in [-0.1, -0.05) is 0 Å². The summed E-state index contributed by atoms with van der Waals surface area (Å²) in [6.45, 7) is 2.65. The van der Waals surface area contributed by atoms with Gasteiger partial charge in [-0.05, 0) is 37.1 Å². The second-order valence-electron chi connectivity index (χ2n) is 6.61. The number of nitrogens with zero attached hydrogens (tertiary/aromatic N) is 4. The maximum atomic E-state index is 12.4. The third-order valence-corrected chi connectivity index (χ3v) is 4.91. The molecule has 26 heavy (non-hydrogen) atoms. The summed E-state index contributed by atoms with van der Waals surface area (Å²) < 4.78 is 7.12. The van der Waals surface area contributed by atoms with E-state index in [1.807, 2.05) is 24.4 Å². The molecule has 3 aromatic heterocycles. The van der Waals surface area contributed by atoms with Crippen molar-refractivity contribution in [2.75, 3.05) is 38.3 Å². The molecule has 1 amide bonds. The van der Waals surface area contributed by atoms with Gasteiger partial charge in [0.15, 0.2) is 11.5 Å². The van der Waals surface area contributed by atoms with Crippen molar-refractivity contribution in [3.05, 3.63) is 36.7 Å². The van der Waals surface area contributed by atoms with E-state index < -0.39 is 0 Å². The third-order valence-electron chi connectivity index (χ3n) is 4.91. The summed E-state index contributed by atoms with van der Waals surface area (Å²) in [5, 5.41) is 2.96. The second-order valence-corrected chi connectivity index (χ2v) is 6.61. The molecule has 0 radical (unpaired) electrons. The minimum atomic E-state index is -0.0307. The number of anilines is 1. The zero-order chi connectivity index (χ0) is 17.9. The number of hydrogen-bond acceptors (Lipinski definition) is 5. The molecule has 1 unspecified atom stereocenters. The van der Waals surface area contributed by atoms with Crippen LogP contribution in [-0.4, -0.2) is 53.6 Å². The number of fused-ring (bicyclic) bond motifs is 3. The average molecular weight is 353 g/mol. The molecule has 0 aliphatic carbocycles. The number of rotatable bonds is 5. The number of methoxy groups -OCH3 is 1. The van der Waals surface area contributed by atoms with E-state index in [1.54, 1.807) is 13.3 Å². The number of pyridine rings is 1. The van der Waals surface area contributed by atoms with Gasteiger partial charge in [0.05, 0.1) is 23.6 Å². The lowest BCUT2D eigenvalue weighted by Crippen LogP contribution is -2.44. The zero-order valence-electron chi connectivity index (χ0n) is 14.9. The summed E-state index contributed by atoms with van der Waals surface area (Å²) in [5.74, 6) is 0.963. The van der Waals surface area contributed by atoms with Crippen LogP contribution in [0.25, 0.3) is 16.7 Å². The van der Waals surface area contributed by atoms with Crippen LogP contribution < -0.4 is 10.2 Å². The Balaban J connectivity index is 1.62. The Morgan fingerprint density at radius 3 is 3.12 bits per heavy atom. The molecule has 136 valence electrons. The van der Waals surface area contributed by atoms with Gasteiger partial charge in [0, 0.05) is 39.1 Å². The van der Waals surface area contributed by atoms with Gasteiger partial charge in [-0.15, -0.1) is 0 Å². The minimum Gasteiger partial charge on any atom is -0.383 e. The van der Waals surface area contributed by atoms with E-state index in [4.69, 9.17) is 9.72 Å². The first-order valence-electron chi connectivity index (χ1n) is 9.01. The zero-order valence-corrected chi connectivity index (χ0v) is 14.9. The SMILES string of the molecule is COCCNC(=O)C1CCCN(c2nc3ncccc3n3cccc23)C1. The van der Waals surface area contributed by atoms with E-state index in [9.17, 15) is 4.79 Å². The van der Waals surface area contributed by atoms with Gasteiger partial charge >= 0.3 is 0 Å². The highest BCUT2D eigenvalue weighted by Gasteiger charge is 2.27. The maximum absolute atomic E-state index is 12.4. The number of amides is 1. The number of aromatic nitrogens is 3. The Morgan fingerprint density at radius 2 is 2.23 bits per heavy atom. The van der Waals surface area contributed by atoms with Crippen LogP contribution in [0.1, 0.15) is 12.8 Å². The fourth-order valence-electron chi connectivity index (χ4n) is 3.63. The highest BCUT2D eigenvalue weighted by atomic mass is 16.5. The van der Waals surface area contributed by atoms with Crippen LogP contribution in [-0.2, 0) is 9.53 Å². The molecule has 7 heteroatoms. The van der Waals surface area contributed by atoms with Gasteiger partial charge in [-0.25, -0.2) is 9.97 Å². The predicted molar refractivity (Wildman–Crippen MR) is 100 cm³/mol. The Bertz CT molecular complexity index is 923. The molecule has 1 N–H and O–H groups in total. The molecule has 0 bridgehead atoms. The van der Waals surface area contributed by atoms with Crippen molar-refractivity contribution in [2.45, 2.75) is 12.8 Å². The van der Waals surface area contributed by atoms with Crippen LogP contribution in [0.4, 0.5) is 5.82 Å². The van der Waals surface area contributed by atoms with Crippen LogP contribution in [0, 0.1) is 5.92 Å². The van der Waals surface area contributed by atoms with Gasteiger partial charge in [0.1, 0.15) is 0 Å². The largest absolute Gasteiger partial charge is 0.383 e.